The number of carbonyl (C=O) groups is 1. The van der Waals surface area contributed by atoms with Crippen molar-refractivity contribution in [1.82, 2.24) is 4.98 Å². The number of cyclic esters (lactones) is 1. The Labute approximate surface area is 264 Å². The average molecular weight is 625 g/mol. The third-order valence-corrected chi connectivity index (χ3v) is 12.9. The molecule has 2 aliphatic heterocycles. The van der Waals surface area contributed by atoms with E-state index >= 15 is 0 Å². The molecule has 1 saturated heterocycles. The molecule has 6 aliphatic rings. The highest BCUT2D eigenvalue weighted by atomic mass is 16.7. The van der Waals surface area contributed by atoms with Crippen LogP contribution in [0.15, 0.2) is 41.0 Å². The third-order valence-electron chi connectivity index (χ3n) is 12.9. The topological polar surface area (TPSA) is 151 Å². The molecule has 0 unspecified atom stereocenters. The van der Waals surface area contributed by atoms with Gasteiger partial charge in [0.1, 0.15) is 12.7 Å². The highest BCUT2D eigenvalue weighted by molar-refractivity contribution is 5.85. The van der Waals surface area contributed by atoms with E-state index in [9.17, 15) is 25.2 Å². The maximum atomic E-state index is 12.7. The van der Waals surface area contributed by atoms with Crippen LogP contribution in [0.25, 0.3) is 0 Å². The van der Waals surface area contributed by atoms with E-state index in [1.54, 1.807) is 19.2 Å². The Morgan fingerprint density at radius 3 is 2.64 bits per heavy atom. The number of aromatic nitrogens is 1. The van der Waals surface area contributed by atoms with Crippen LogP contribution >= 0.6 is 0 Å². The molecule has 5 fully saturated rings. The van der Waals surface area contributed by atoms with Crippen LogP contribution in [-0.4, -0.2) is 86.1 Å². The summed E-state index contributed by atoms with van der Waals surface area (Å²) in [5.74, 6) is -0.181. The number of carbonyl (C=O) groups excluding carboxylic acids is 1. The smallest absolute Gasteiger partial charge is 0.331 e. The minimum atomic E-state index is -1.10. The summed E-state index contributed by atoms with van der Waals surface area (Å²) in [6.45, 7) is 4.66. The molecular formula is C35H48N2O8. The number of fused-ring (bicyclic) bond motifs is 5. The lowest BCUT2D eigenvalue weighted by atomic mass is 9.41. The first-order valence-corrected chi connectivity index (χ1v) is 16.9. The molecule has 0 amide bonds. The van der Waals surface area contributed by atoms with Crippen LogP contribution in [0.3, 0.4) is 0 Å². The SMILES string of the molecule is C[C@@H]1O[C@H](O[C@@H]2CC[C@]3(C=NCc4ccccn4)[C@H]4CC[C@]5(C)[C@H](C6=CC(=O)OC6)CC[C@]5(O)[C@@H]4CC[C@]3(O)C2)C[C@@H](O)[C@H]1O. The first-order chi connectivity index (χ1) is 21.5. The summed E-state index contributed by atoms with van der Waals surface area (Å²) in [6, 6.07) is 5.78. The molecule has 1 aromatic heterocycles. The van der Waals surface area contributed by atoms with Crippen molar-refractivity contribution in [3.05, 3.63) is 41.7 Å². The summed E-state index contributed by atoms with van der Waals surface area (Å²) in [5, 5.41) is 45.9. The standard InChI is InChI=1S/C35H48N2O8/c1-21-31(40)28(38)16-30(44-21)45-24-6-11-33(20-36-18-23-5-3-4-14-37-23)26-7-10-32(2)25(22-15-29(39)43-19-22)9-13-35(32,42)27(26)8-12-34(33,41)17-24/h3-5,14-15,20-21,24-28,30-31,38,40-42H,6-13,16-19H2,1-2H3/t21-,24+,25-,26-,27+,28+,30+,31-,32+,33-,34-,35-/m0/s1. The summed E-state index contributed by atoms with van der Waals surface area (Å²) in [7, 11) is 0. The maximum Gasteiger partial charge on any atom is 0.331 e. The number of aliphatic hydroxyl groups excluding tert-OH is 2. The number of esters is 1. The van der Waals surface area contributed by atoms with E-state index in [0.29, 0.717) is 51.7 Å². The van der Waals surface area contributed by atoms with E-state index in [2.05, 4.69) is 11.9 Å². The fraction of sp³-hybridized carbons (Fsp3) is 0.743. The van der Waals surface area contributed by atoms with Gasteiger partial charge in [-0.2, -0.15) is 0 Å². The second-order valence-electron chi connectivity index (χ2n) is 15.0. The second-order valence-corrected chi connectivity index (χ2v) is 15.0. The van der Waals surface area contributed by atoms with E-state index in [4.69, 9.17) is 19.2 Å². The van der Waals surface area contributed by atoms with Crippen LogP contribution in [0.1, 0.15) is 83.7 Å². The number of hydrogen-bond donors (Lipinski definition) is 4. The monoisotopic (exact) mass is 624 g/mol. The van der Waals surface area contributed by atoms with Gasteiger partial charge >= 0.3 is 5.97 Å². The Kier molecular flexibility index (Phi) is 8.02. The Balaban J connectivity index is 1.17. The molecule has 10 nitrogen and oxygen atoms in total. The highest BCUT2D eigenvalue weighted by Crippen LogP contribution is 2.70. The van der Waals surface area contributed by atoms with E-state index in [0.717, 1.165) is 30.5 Å². The van der Waals surface area contributed by atoms with Gasteiger partial charge in [0.15, 0.2) is 6.29 Å². The fourth-order valence-corrected chi connectivity index (χ4v) is 10.6. The number of nitrogens with zero attached hydrogens (tertiary/aromatic N) is 2. The van der Waals surface area contributed by atoms with Crippen molar-refractivity contribution in [2.75, 3.05) is 6.61 Å². The lowest BCUT2D eigenvalue weighted by Gasteiger charge is -2.66. The van der Waals surface area contributed by atoms with Gasteiger partial charge in [-0.3, -0.25) is 9.98 Å². The summed E-state index contributed by atoms with van der Waals surface area (Å²) < 4.78 is 17.5. The van der Waals surface area contributed by atoms with Crippen LogP contribution in [-0.2, 0) is 25.5 Å². The van der Waals surface area contributed by atoms with Crippen molar-refractivity contribution in [2.24, 2.45) is 33.6 Å². The number of hydrogen-bond acceptors (Lipinski definition) is 10. The average Bonchev–Trinajstić information content (AvgIpc) is 3.56. The van der Waals surface area contributed by atoms with Crippen LogP contribution in [0.5, 0.6) is 0 Å². The predicted octanol–water partition coefficient (Wildman–Crippen LogP) is 3.25. The quantitative estimate of drug-likeness (QED) is 0.212. The molecule has 12 atom stereocenters. The molecule has 0 aromatic carbocycles. The van der Waals surface area contributed by atoms with Gasteiger partial charge in [0.2, 0.25) is 0 Å². The minimum absolute atomic E-state index is 0.0157. The first-order valence-electron chi connectivity index (χ1n) is 16.9. The van der Waals surface area contributed by atoms with Gasteiger partial charge in [-0.05, 0) is 93.7 Å². The molecule has 45 heavy (non-hydrogen) atoms. The first kappa shape index (κ1) is 31.4. The molecule has 4 saturated carbocycles. The molecule has 4 aliphatic carbocycles. The van der Waals surface area contributed by atoms with Crippen molar-refractivity contribution in [3.8, 4) is 0 Å². The lowest BCUT2D eigenvalue weighted by Crippen LogP contribution is -2.69. The molecule has 10 heteroatoms. The van der Waals surface area contributed by atoms with E-state index in [-0.39, 0.29) is 41.7 Å². The predicted molar refractivity (Wildman–Crippen MR) is 164 cm³/mol. The number of ether oxygens (including phenoxy) is 3. The Morgan fingerprint density at radius 1 is 1.09 bits per heavy atom. The molecule has 0 radical (unpaired) electrons. The Bertz CT molecular complexity index is 1330. The van der Waals surface area contributed by atoms with Crippen molar-refractivity contribution >= 4 is 12.2 Å². The number of aliphatic hydroxyl groups is 4. The van der Waals surface area contributed by atoms with Crippen molar-refractivity contribution in [2.45, 2.75) is 127 Å². The third kappa shape index (κ3) is 5.02. The number of rotatable bonds is 6. The zero-order valence-corrected chi connectivity index (χ0v) is 26.4. The Hall–Kier alpha value is -2.21. The van der Waals surface area contributed by atoms with Crippen LogP contribution in [0.2, 0.25) is 0 Å². The van der Waals surface area contributed by atoms with Gasteiger partial charge in [-0.25, -0.2) is 4.79 Å². The summed E-state index contributed by atoms with van der Waals surface area (Å²) in [6.07, 6.45) is 8.31. The maximum absolute atomic E-state index is 12.7. The molecule has 4 N–H and O–H groups in total. The van der Waals surface area contributed by atoms with Gasteiger partial charge < -0.3 is 34.6 Å². The summed E-state index contributed by atoms with van der Waals surface area (Å²) in [4.78, 5) is 21.4. The number of aliphatic imine (C=N–C) groups is 1. The second kappa shape index (κ2) is 11.5. The molecule has 0 spiro atoms. The van der Waals surface area contributed by atoms with Gasteiger partial charge in [-0.15, -0.1) is 0 Å². The fourth-order valence-electron chi connectivity index (χ4n) is 10.6. The Morgan fingerprint density at radius 2 is 1.91 bits per heavy atom. The molecule has 3 heterocycles. The molecule has 0 bridgehead atoms. The minimum Gasteiger partial charge on any atom is -0.458 e. The van der Waals surface area contributed by atoms with Crippen molar-refractivity contribution < 1.29 is 39.4 Å². The zero-order valence-electron chi connectivity index (χ0n) is 26.4. The summed E-state index contributed by atoms with van der Waals surface area (Å²) >= 11 is 0. The normalized spacial score (nSPS) is 48.0. The van der Waals surface area contributed by atoms with Crippen molar-refractivity contribution in [3.63, 3.8) is 0 Å². The molecule has 246 valence electrons. The van der Waals surface area contributed by atoms with Gasteiger partial charge in [-0.1, -0.05) is 13.0 Å². The van der Waals surface area contributed by atoms with Gasteiger partial charge in [0.25, 0.3) is 0 Å². The lowest BCUT2D eigenvalue weighted by molar-refractivity contribution is -0.282. The van der Waals surface area contributed by atoms with Crippen LogP contribution in [0, 0.1) is 28.6 Å². The van der Waals surface area contributed by atoms with Crippen LogP contribution in [0.4, 0.5) is 0 Å². The van der Waals surface area contributed by atoms with E-state index in [1.165, 1.54) is 0 Å². The number of pyridine rings is 1. The van der Waals surface area contributed by atoms with Gasteiger partial charge in [0, 0.05) is 42.2 Å². The summed E-state index contributed by atoms with van der Waals surface area (Å²) in [5.41, 5.74) is -1.19. The largest absolute Gasteiger partial charge is 0.458 e. The zero-order chi connectivity index (χ0) is 31.6. The van der Waals surface area contributed by atoms with Crippen molar-refractivity contribution in [1.29, 1.82) is 0 Å². The molecular weight excluding hydrogens is 576 g/mol. The molecule has 1 aromatic rings. The van der Waals surface area contributed by atoms with Crippen LogP contribution < -0.4 is 0 Å². The van der Waals surface area contributed by atoms with E-state index < -0.39 is 41.2 Å². The van der Waals surface area contributed by atoms with Gasteiger partial charge in [0.05, 0.1) is 41.8 Å². The van der Waals surface area contributed by atoms with E-state index in [1.807, 2.05) is 24.4 Å². The molecule has 7 rings (SSSR count). The highest BCUT2D eigenvalue weighted by Gasteiger charge is 2.71.